The molecule has 1 N–H and O–H groups in total. The molecule has 2 heterocycles. The van der Waals surface area contributed by atoms with Gasteiger partial charge in [0, 0.05) is 31.9 Å². The fourth-order valence-electron chi connectivity index (χ4n) is 2.96. The van der Waals surface area contributed by atoms with Gasteiger partial charge in [0.2, 0.25) is 11.8 Å². The summed E-state index contributed by atoms with van der Waals surface area (Å²) in [5.41, 5.74) is 0. The minimum atomic E-state index is -0.285. The highest BCUT2D eigenvalue weighted by molar-refractivity contribution is 5.89. The van der Waals surface area contributed by atoms with E-state index in [1.165, 1.54) is 0 Å². The molecule has 0 radical (unpaired) electrons. The van der Waals surface area contributed by atoms with Crippen LogP contribution in [0.3, 0.4) is 0 Å². The van der Waals surface area contributed by atoms with Gasteiger partial charge in [0.15, 0.2) is 0 Å². The van der Waals surface area contributed by atoms with Crippen molar-refractivity contribution in [2.75, 3.05) is 13.6 Å². The Bertz CT molecular complexity index is 510. The lowest BCUT2D eigenvalue weighted by molar-refractivity contribution is -0.148. The fourth-order valence-corrected chi connectivity index (χ4v) is 2.96. The van der Waals surface area contributed by atoms with E-state index in [0.717, 1.165) is 44.5 Å². The first-order valence-corrected chi connectivity index (χ1v) is 7.70. The lowest BCUT2D eigenvalue weighted by Gasteiger charge is -2.36. The van der Waals surface area contributed by atoms with E-state index in [1.807, 2.05) is 4.90 Å². The molecule has 1 aliphatic heterocycles. The highest BCUT2D eigenvalue weighted by Crippen LogP contribution is 2.33. The number of rotatable bonds is 4. The third-order valence-corrected chi connectivity index (χ3v) is 4.32. The Kier molecular flexibility index (Phi) is 3.94. The van der Waals surface area contributed by atoms with Gasteiger partial charge >= 0.3 is 0 Å². The molecule has 0 aromatic carbocycles. The van der Waals surface area contributed by atoms with Crippen LogP contribution < -0.4 is 0 Å². The summed E-state index contributed by atoms with van der Waals surface area (Å²) in [6.45, 7) is 1.17. The molecule has 1 unspecified atom stereocenters. The van der Waals surface area contributed by atoms with Crippen LogP contribution in [0, 0.1) is 5.92 Å². The number of aromatic amines is 1. The van der Waals surface area contributed by atoms with Gasteiger partial charge in [0.05, 0.1) is 6.54 Å². The maximum absolute atomic E-state index is 12.7. The maximum Gasteiger partial charge on any atom is 0.245 e. The van der Waals surface area contributed by atoms with Crippen LogP contribution in [0.15, 0.2) is 12.4 Å². The molecule has 1 saturated carbocycles. The van der Waals surface area contributed by atoms with Gasteiger partial charge in [-0.25, -0.2) is 4.98 Å². The summed E-state index contributed by atoms with van der Waals surface area (Å²) in [4.78, 5) is 35.7. The van der Waals surface area contributed by atoms with Gasteiger partial charge in [-0.2, -0.15) is 0 Å². The molecule has 1 atom stereocenters. The summed E-state index contributed by atoms with van der Waals surface area (Å²) < 4.78 is 0. The number of imidazole rings is 1. The van der Waals surface area contributed by atoms with Crippen molar-refractivity contribution in [3.05, 3.63) is 18.2 Å². The van der Waals surface area contributed by atoms with Crippen LogP contribution in [0.1, 0.15) is 37.9 Å². The Morgan fingerprint density at radius 2 is 2.19 bits per heavy atom. The van der Waals surface area contributed by atoms with Gasteiger partial charge in [-0.1, -0.05) is 0 Å². The Balaban J connectivity index is 1.66. The van der Waals surface area contributed by atoms with Gasteiger partial charge in [-0.3, -0.25) is 9.59 Å². The van der Waals surface area contributed by atoms with E-state index in [2.05, 4.69) is 9.97 Å². The predicted octanol–water partition coefficient (Wildman–Crippen LogP) is 1.16. The van der Waals surface area contributed by atoms with Crippen molar-refractivity contribution in [2.24, 2.45) is 5.92 Å². The van der Waals surface area contributed by atoms with Gasteiger partial charge in [-0.05, 0) is 32.1 Å². The Labute approximate surface area is 124 Å². The monoisotopic (exact) mass is 290 g/mol. The lowest BCUT2D eigenvalue weighted by Crippen LogP contribution is -2.52. The van der Waals surface area contributed by atoms with E-state index in [1.54, 1.807) is 24.3 Å². The minimum Gasteiger partial charge on any atom is -0.347 e. The molecule has 1 saturated heterocycles. The molecule has 114 valence electrons. The highest BCUT2D eigenvalue weighted by atomic mass is 16.2. The molecule has 6 nitrogen and oxygen atoms in total. The van der Waals surface area contributed by atoms with E-state index in [9.17, 15) is 9.59 Å². The zero-order valence-electron chi connectivity index (χ0n) is 12.4. The fraction of sp³-hybridized carbons (Fsp3) is 0.667. The standard InChI is InChI=1S/C15H22N4O2/c1-18(10-13-16-7-8-17-13)15(21)12-4-2-3-9-19(12)14(20)11-5-6-11/h7-8,11-12H,2-6,9-10H2,1H3,(H,16,17). The van der Waals surface area contributed by atoms with Crippen LogP contribution in [0.25, 0.3) is 0 Å². The van der Waals surface area contributed by atoms with Crippen molar-refractivity contribution in [3.8, 4) is 0 Å². The third kappa shape index (κ3) is 3.09. The zero-order chi connectivity index (χ0) is 14.8. The second-order valence-electron chi connectivity index (χ2n) is 6.05. The molecule has 0 bridgehead atoms. The highest BCUT2D eigenvalue weighted by Gasteiger charge is 2.40. The number of piperidine rings is 1. The van der Waals surface area contributed by atoms with Crippen molar-refractivity contribution in [2.45, 2.75) is 44.7 Å². The molecule has 1 aromatic rings. The molecular weight excluding hydrogens is 268 g/mol. The van der Waals surface area contributed by atoms with Crippen molar-refractivity contribution in [3.63, 3.8) is 0 Å². The quantitative estimate of drug-likeness (QED) is 0.904. The number of aromatic nitrogens is 2. The first-order valence-electron chi connectivity index (χ1n) is 7.70. The molecule has 6 heteroatoms. The summed E-state index contributed by atoms with van der Waals surface area (Å²) in [6, 6.07) is -0.285. The average molecular weight is 290 g/mol. The lowest BCUT2D eigenvalue weighted by atomic mass is 10.00. The van der Waals surface area contributed by atoms with E-state index in [4.69, 9.17) is 0 Å². The van der Waals surface area contributed by atoms with E-state index in [0.29, 0.717) is 6.54 Å². The molecule has 0 spiro atoms. The number of likely N-dealkylation sites (N-methyl/N-ethyl adjacent to an activating group) is 1. The zero-order valence-corrected chi connectivity index (χ0v) is 12.4. The second-order valence-corrected chi connectivity index (χ2v) is 6.05. The molecule has 1 aliphatic carbocycles. The van der Waals surface area contributed by atoms with Crippen LogP contribution in [0.4, 0.5) is 0 Å². The number of nitrogens with zero attached hydrogens (tertiary/aromatic N) is 3. The predicted molar refractivity (Wildman–Crippen MR) is 77.1 cm³/mol. The SMILES string of the molecule is CN(Cc1ncc[nH]1)C(=O)C1CCCCN1C(=O)C1CC1. The molecule has 2 aliphatic rings. The second kappa shape index (κ2) is 5.87. The Hall–Kier alpha value is -1.85. The summed E-state index contributed by atoms with van der Waals surface area (Å²) >= 11 is 0. The topological polar surface area (TPSA) is 69.3 Å². The minimum absolute atomic E-state index is 0.0279. The molecule has 2 fully saturated rings. The molecule has 21 heavy (non-hydrogen) atoms. The van der Waals surface area contributed by atoms with Crippen molar-refractivity contribution in [1.29, 1.82) is 0 Å². The number of carbonyl (C=O) groups is 2. The number of hydrogen-bond acceptors (Lipinski definition) is 3. The van der Waals surface area contributed by atoms with Gasteiger partial charge in [-0.15, -0.1) is 0 Å². The first-order chi connectivity index (χ1) is 10.2. The molecule has 2 amide bonds. The van der Waals surface area contributed by atoms with Gasteiger partial charge in [0.1, 0.15) is 11.9 Å². The van der Waals surface area contributed by atoms with Crippen LogP contribution in [0.2, 0.25) is 0 Å². The largest absolute Gasteiger partial charge is 0.347 e. The van der Waals surface area contributed by atoms with Crippen molar-refractivity contribution in [1.82, 2.24) is 19.8 Å². The van der Waals surface area contributed by atoms with Crippen LogP contribution in [-0.4, -0.2) is 51.2 Å². The van der Waals surface area contributed by atoms with Crippen molar-refractivity contribution >= 4 is 11.8 Å². The summed E-state index contributed by atoms with van der Waals surface area (Å²) in [7, 11) is 1.78. The van der Waals surface area contributed by atoms with E-state index in [-0.39, 0.29) is 23.8 Å². The van der Waals surface area contributed by atoms with Crippen LogP contribution in [0.5, 0.6) is 0 Å². The average Bonchev–Trinajstić information content (AvgIpc) is 3.24. The third-order valence-electron chi connectivity index (χ3n) is 4.32. The van der Waals surface area contributed by atoms with Crippen LogP contribution >= 0.6 is 0 Å². The van der Waals surface area contributed by atoms with Crippen molar-refractivity contribution < 1.29 is 9.59 Å². The number of H-pyrrole nitrogens is 1. The van der Waals surface area contributed by atoms with Gasteiger partial charge in [0.25, 0.3) is 0 Å². The maximum atomic E-state index is 12.7. The summed E-state index contributed by atoms with van der Waals surface area (Å²) in [5, 5.41) is 0. The summed E-state index contributed by atoms with van der Waals surface area (Å²) in [5.74, 6) is 1.15. The van der Waals surface area contributed by atoms with E-state index >= 15 is 0 Å². The normalized spacial score (nSPS) is 22.1. The molecule has 1 aromatic heterocycles. The summed E-state index contributed by atoms with van der Waals surface area (Å²) in [6.07, 6.45) is 8.19. The number of carbonyl (C=O) groups excluding carboxylic acids is 2. The number of nitrogens with one attached hydrogen (secondary N) is 1. The first kappa shape index (κ1) is 14.1. The number of hydrogen-bond donors (Lipinski definition) is 1. The van der Waals surface area contributed by atoms with Gasteiger partial charge < -0.3 is 14.8 Å². The molecular formula is C15H22N4O2. The molecule has 3 rings (SSSR count). The number of amides is 2. The van der Waals surface area contributed by atoms with E-state index < -0.39 is 0 Å². The number of likely N-dealkylation sites (tertiary alicyclic amines) is 1. The Morgan fingerprint density at radius 3 is 2.86 bits per heavy atom. The van der Waals surface area contributed by atoms with Crippen LogP contribution in [-0.2, 0) is 16.1 Å². The smallest absolute Gasteiger partial charge is 0.245 e. The Morgan fingerprint density at radius 1 is 1.38 bits per heavy atom.